The minimum absolute atomic E-state index is 0.157. The van der Waals surface area contributed by atoms with Crippen LogP contribution in [0.15, 0.2) is 18.2 Å². The second-order valence-electron chi connectivity index (χ2n) is 4.99. The van der Waals surface area contributed by atoms with Gasteiger partial charge in [-0.2, -0.15) is 0 Å². The van der Waals surface area contributed by atoms with E-state index in [4.69, 9.17) is 11.6 Å². The second-order valence-corrected chi connectivity index (χ2v) is 6.38. The van der Waals surface area contributed by atoms with Gasteiger partial charge in [0.15, 0.2) is 0 Å². The number of amides is 1. The molecule has 0 radical (unpaired) electrons. The molecule has 1 fully saturated rings. The highest BCUT2D eigenvalue weighted by atomic mass is 35.5. The predicted octanol–water partition coefficient (Wildman–Crippen LogP) is 4.11. The van der Waals surface area contributed by atoms with Crippen LogP contribution in [-0.4, -0.2) is 29.6 Å². The summed E-state index contributed by atoms with van der Waals surface area (Å²) in [5.74, 6) is 0.687. The summed E-state index contributed by atoms with van der Waals surface area (Å²) in [5.41, 5.74) is 0.489. The SMILES string of the molecule is O=C(CSCc1c(F)cccc1Cl)N1CCCCCC1. The van der Waals surface area contributed by atoms with Gasteiger partial charge in [0.25, 0.3) is 0 Å². The molecular weight excluding hydrogens is 297 g/mol. The summed E-state index contributed by atoms with van der Waals surface area (Å²) in [6, 6.07) is 4.67. The van der Waals surface area contributed by atoms with E-state index < -0.39 is 0 Å². The highest BCUT2D eigenvalue weighted by Gasteiger charge is 2.16. The van der Waals surface area contributed by atoms with Gasteiger partial charge in [-0.05, 0) is 25.0 Å². The smallest absolute Gasteiger partial charge is 0.232 e. The molecule has 0 aromatic heterocycles. The number of carbonyl (C=O) groups is 1. The van der Waals surface area contributed by atoms with Gasteiger partial charge >= 0.3 is 0 Å². The summed E-state index contributed by atoms with van der Waals surface area (Å²) in [6.45, 7) is 1.72. The lowest BCUT2D eigenvalue weighted by Gasteiger charge is -2.20. The van der Waals surface area contributed by atoms with Gasteiger partial charge in [-0.1, -0.05) is 30.5 Å². The third-order valence-corrected chi connectivity index (χ3v) is 4.79. The van der Waals surface area contributed by atoms with Crippen LogP contribution >= 0.6 is 23.4 Å². The molecule has 0 saturated carbocycles. The van der Waals surface area contributed by atoms with Crippen LogP contribution < -0.4 is 0 Å². The van der Waals surface area contributed by atoms with Gasteiger partial charge in [0.05, 0.1) is 5.75 Å². The predicted molar refractivity (Wildman–Crippen MR) is 82.6 cm³/mol. The van der Waals surface area contributed by atoms with E-state index in [-0.39, 0.29) is 11.7 Å². The fourth-order valence-electron chi connectivity index (χ4n) is 2.32. The average molecular weight is 316 g/mol. The van der Waals surface area contributed by atoms with Crippen molar-refractivity contribution < 1.29 is 9.18 Å². The van der Waals surface area contributed by atoms with E-state index in [1.165, 1.54) is 30.7 Å². The largest absolute Gasteiger partial charge is 0.342 e. The molecule has 1 aromatic carbocycles. The zero-order valence-corrected chi connectivity index (χ0v) is 13.0. The molecule has 110 valence electrons. The van der Waals surface area contributed by atoms with Crippen LogP contribution in [0.2, 0.25) is 5.02 Å². The third kappa shape index (κ3) is 4.38. The monoisotopic (exact) mass is 315 g/mol. The highest BCUT2D eigenvalue weighted by molar-refractivity contribution is 7.99. The van der Waals surface area contributed by atoms with Crippen molar-refractivity contribution in [3.05, 3.63) is 34.6 Å². The maximum Gasteiger partial charge on any atom is 0.232 e. The van der Waals surface area contributed by atoms with Crippen molar-refractivity contribution in [3.63, 3.8) is 0 Å². The first kappa shape index (κ1) is 15.6. The minimum Gasteiger partial charge on any atom is -0.342 e. The number of halogens is 2. The molecule has 1 amide bonds. The molecule has 1 aliphatic heterocycles. The summed E-state index contributed by atoms with van der Waals surface area (Å²) in [6.07, 6.45) is 4.61. The van der Waals surface area contributed by atoms with Crippen LogP contribution in [-0.2, 0) is 10.5 Å². The van der Waals surface area contributed by atoms with E-state index in [1.807, 2.05) is 4.90 Å². The number of benzene rings is 1. The molecule has 1 saturated heterocycles. The molecule has 20 heavy (non-hydrogen) atoms. The van der Waals surface area contributed by atoms with Crippen LogP contribution in [0.3, 0.4) is 0 Å². The van der Waals surface area contributed by atoms with Crippen LogP contribution in [0, 0.1) is 5.82 Å². The molecule has 5 heteroatoms. The van der Waals surface area contributed by atoms with E-state index in [0.29, 0.717) is 22.1 Å². The van der Waals surface area contributed by atoms with Crippen molar-refractivity contribution in [1.82, 2.24) is 4.90 Å². The van der Waals surface area contributed by atoms with Crippen LogP contribution in [0.5, 0.6) is 0 Å². The quantitative estimate of drug-likeness (QED) is 0.833. The summed E-state index contributed by atoms with van der Waals surface area (Å²) in [7, 11) is 0. The first-order chi connectivity index (χ1) is 9.68. The van der Waals surface area contributed by atoms with Gasteiger partial charge in [0.1, 0.15) is 5.82 Å². The molecule has 0 atom stereocenters. The molecule has 0 aliphatic carbocycles. The van der Waals surface area contributed by atoms with Crippen molar-refractivity contribution in [2.75, 3.05) is 18.8 Å². The number of thioether (sulfide) groups is 1. The molecule has 1 heterocycles. The molecule has 2 rings (SSSR count). The molecule has 0 N–H and O–H groups in total. The molecule has 1 aliphatic rings. The molecule has 0 spiro atoms. The summed E-state index contributed by atoms with van der Waals surface area (Å²) in [4.78, 5) is 14.0. The number of rotatable bonds is 4. The first-order valence-electron chi connectivity index (χ1n) is 6.97. The molecular formula is C15H19ClFNOS. The Morgan fingerprint density at radius 1 is 1.25 bits per heavy atom. The Hall–Kier alpha value is -0.740. The van der Waals surface area contributed by atoms with Gasteiger partial charge in [0, 0.05) is 29.4 Å². The third-order valence-electron chi connectivity index (χ3n) is 3.49. The minimum atomic E-state index is -0.299. The van der Waals surface area contributed by atoms with Crippen molar-refractivity contribution in [1.29, 1.82) is 0 Å². The molecule has 1 aromatic rings. The Balaban J connectivity index is 1.81. The van der Waals surface area contributed by atoms with Gasteiger partial charge in [-0.3, -0.25) is 4.79 Å². The van der Waals surface area contributed by atoms with Gasteiger partial charge in [-0.15, -0.1) is 11.8 Å². The van der Waals surface area contributed by atoms with Gasteiger partial charge < -0.3 is 4.90 Å². The van der Waals surface area contributed by atoms with Crippen molar-refractivity contribution in [3.8, 4) is 0 Å². The standard InChI is InChI=1S/C15H19ClFNOS/c16-13-6-5-7-14(17)12(13)10-20-11-15(19)18-8-3-1-2-4-9-18/h5-7H,1-4,8-11H2. The van der Waals surface area contributed by atoms with Crippen molar-refractivity contribution >= 4 is 29.3 Å². The number of hydrogen-bond acceptors (Lipinski definition) is 2. The van der Waals surface area contributed by atoms with E-state index in [1.54, 1.807) is 12.1 Å². The lowest BCUT2D eigenvalue weighted by Crippen LogP contribution is -2.33. The zero-order valence-electron chi connectivity index (χ0n) is 11.4. The Morgan fingerprint density at radius 2 is 1.95 bits per heavy atom. The number of carbonyl (C=O) groups excluding carboxylic acids is 1. The Bertz CT molecular complexity index is 441. The number of nitrogens with zero attached hydrogens (tertiary/aromatic N) is 1. The summed E-state index contributed by atoms with van der Waals surface area (Å²) < 4.78 is 13.6. The van der Waals surface area contributed by atoms with Crippen LogP contribution in [0.4, 0.5) is 4.39 Å². The number of likely N-dealkylation sites (tertiary alicyclic amines) is 1. The molecule has 2 nitrogen and oxygen atoms in total. The van der Waals surface area contributed by atoms with Crippen LogP contribution in [0.25, 0.3) is 0 Å². The molecule has 0 bridgehead atoms. The fraction of sp³-hybridized carbons (Fsp3) is 0.533. The fourth-order valence-corrected chi connectivity index (χ4v) is 3.59. The summed E-state index contributed by atoms with van der Waals surface area (Å²) >= 11 is 7.39. The van der Waals surface area contributed by atoms with E-state index in [2.05, 4.69) is 0 Å². The van der Waals surface area contributed by atoms with Gasteiger partial charge in [-0.25, -0.2) is 4.39 Å². The lowest BCUT2D eigenvalue weighted by molar-refractivity contribution is -0.128. The van der Waals surface area contributed by atoms with Gasteiger partial charge in [0.2, 0.25) is 5.91 Å². The maximum atomic E-state index is 13.6. The first-order valence-corrected chi connectivity index (χ1v) is 8.50. The van der Waals surface area contributed by atoms with Crippen LogP contribution in [0.1, 0.15) is 31.2 Å². The average Bonchev–Trinajstić information content (AvgIpc) is 2.71. The molecule has 0 unspecified atom stereocenters. The normalized spacial score (nSPS) is 16.0. The zero-order chi connectivity index (χ0) is 14.4. The Kier molecular flexibility index (Phi) is 6.17. The van der Waals surface area contributed by atoms with E-state index in [0.717, 1.165) is 25.9 Å². The highest BCUT2D eigenvalue weighted by Crippen LogP contribution is 2.24. The second kappa shape index (κ2) is 7.89. The Morgan fingerprint density at radius 3 is 2.60 bits per heavy atom. The number of hydrogen-bond donors (Lipinski definition) is 0. The van der Waals surface area contributed by atoms with Crippen molar-refractivity contribution in [2.45, 2.75) is 31.4 Å². The maximum absolute atomic E-state index is 13.6. The van der Waals surface area contributed by atoms with E-state index >= 15 is 0 Å². The Labute approximate surface area is 128 Å². The lowest BCUT2D eigenvalue weighted by atomic mass is 10.2. The van der Waals surface area contributed by atoms with E-state index in [9.17, 15) is 9.18 Å². The summed E-state index contributed by atoms with van der Waals surface area (Å²) in [5, 5.41) is 0.430. The van der Waals surface area contributed by atoms with Crippen molar-refractivity contribution in [2.24, 2.45) is 0 Å². The topological polar surface area (TPSA) is 20.3 Å².